The Morgan fingerprint density at radius 1 is 1.14 bits per heavy atom. The van der Waals surface area contributed by atoms with Gasteiger partial charge in [0.2, 0.25) is 11.7 Å². The Morgan fingerprint density at radius 2 is 2.00 bits per heavy atom. The van der Waals surface area contributed by atoms with E-state index in [-0.39, 0.29) is 11.7 Å². The van der Waals surface area contributed by atoms with Crippen LogP contribution >= 0.6 is 23.1 Å². The summed E-state index contributed by atoms with van der Waals surface area (Å²) in [4.78, 5) is 15.5. The van der Waals surface area contributed by atoms with Crippen LogP contribution in [0.2, 0.25) is 0 Å². The quantitative estimate of drug-likeness (QED) is 0.424. The van der Waals surface area contributed by atoms with Gasteiger partial charge in [-0.1, -0.05) is 36.0 Å². The second kappa shape index (κ2) is 8.45. The number of hydrogen-bond acceptors (Lipinski definition) is 6. The zero-order valence-corrected chi connectivity index (χ0v) is 16.8. The number of carbonyl (C=O) groups excluding carboxylic acids is 1. The topological polar surface area (TPSA) is 64.2 Å². The normalized spacial score (nSPS) is 10.9. The molecule has 8 heteroatoms. The molecule has 1 amide bonds. The van der Waals surface area contributed by atoms with Crippen LogP contribution in [0.5, 0.6) is 0 Å². The van der Waals surface area contributed by atoms with Gasteiger partial charge in [-0.3, -0.25) is 9.36 Å². The number of thioether (sulfide) groups is 1. The van der Waals surface area contributed by atoms with E-state index in [0.29, 0.717) is 23.3 Å². The lowest BCUT2D eigenvalue weighted by atomic mass is 10.3. The van der Waals surface area contributed by atoms with Crippen molar-refractivity contribution in [3.05, 3.63) is 71.1 Å². The number of hydrogen-bond donors (Lipinski definition) is 0. The molecule has 142 valence electrons. The van der Waals surface area contributed by atoms with Crippen molar-refractivity contribution in [2.45, 2.75) is 11.7 Å². The Kier molecular flexibility index (Phi) is 5.59. The van der Waals surface area contributed by atoms with Crippen molar-refractivity contribution in [2.24, 2.45) is 0 Å². The highest BCUT2D eigenvalue weighted by Gasteiger charge is 2.19. The molecule has 0 aliphatic carbocycles. The van der Waals surface area contributed by atoms with E-state index in [1.165, 1.54) is 11.8 Å². The molecule has 4 aromatic rings. The summed E-state index contributed by atoms with van der Waals surface area (Å²) in [7, 11) is 1.82. The number of rotatable bonds is 7. The number of benzene rings is 1. The largest absolute Gasteiger partial charge is 0.461 e. The SMILES string of the molecule is CN(Cc1cccs1)C(=O)CSc1nnc(-c2ccco2)n1-c1ccccc1. The predicted molar refractivity (Wildman–Crippen MR) is 111 cm³/mol. The number of para-hydroxylation sites is 1. The first-order valence-electron chi connectivity index (χ1n) is 8.66. The zero-order valence-electron chi connectivity index (χ0n) is 15.2. The number of thiophene rings is 1. The van der Waals surface area contributed by atoms with Crippen molar-refractivity contribution in [1.82, 2.24) is 19.7 Å². The maximum Gasteiger partial charge on any atom is 0.233 e. The molecule has 28 heavy (non-hydrogen) atoms. The lowest BCUT2D eigenvalue weighted by molar-refractivity contribution is -0.127. The van der Waals surface area contributed by atoms with Crippen LogP contribution in [-0.2, 0) is 11.3 Å². The van der Waals surface area contributed by atoms with E-state index in [0.717, 1.165) is 10.6 Å². The summed E-state index contributed by atoms with van der Waals surface area (Å²) in [6, 6.07) is 17.5. The van der Waals surface area contributed by atoms with Gasteiger partial charge in [0.15, 0.2) is 10.9 Å². The number of furan rings is 1. The van der Waals surface area contributed by atoms with Gasteiger partial charge >= 0.3 is 0 Å². The van der Waals surface area contributed by atoms with E-state index in [4.69, 9.17) is 4.42 Å². The number of aromatic nitrogens is 3. The molecule has 0 atom stereocenters. The molecular formula is C20H18N4O2S2. The van der Waals surface area contributed by atoms with Gasteiger partial charge in [0, 0.05) is 17.6 Å². The third kappa shape index (κ3) is 4.02. The van der Waals surface area contributed by atoms with Gasteiger partial charge in [-0.15, -0.1) is 21.5 Å². The Labute approximate surface area is 170 Å². The molecule has 6 nitrogen and oxygen atoms in total. The molecule has 0 fully saturated rings. The Balaban J connectivity index is 1.54. The minimum atomic E-state index is 0.0422. The van der Waals surface area contributed by atoms with Crippen LogP contribution < -0.4 is 0 Å². The minimum absolute atomic E-state index is 0.0422. The predicted octanol–water partition coefficient (Wildman–Crippen LogP) is 4.34. The van der Waals surface area contributed by atoms with Gasteiger partial charge in [-0.25, -0.2) is 0 Å². The van der Waals surface area contributed by atoms with E-state index in [2.05, 4.69) is 10.2 Å². The molecule has 0 saturated carbocycles. The molecule has 4 rings (SSSR count). The highest BCUT2D eigenvalue weighted by atomic mass is 32.2. The van der Waals surface area contributed by atoms with Crippen molar-refractivity contribution in [1.29, 1.82) is 0 Å². The molecule has 3 heterocycles. The third-order valence-corrected chi connectivity index (χ3v) is 5.89. The molecule has 1 aromatic carbocycles. The molecule has 0 aliphatic heterocycles. The Hall–Kier alpha value is -2.84. The summed E-state index contributed by atoms with van der Waals surface area (Å²) in [6.45, 7) is 0.611. The van der Waals surface area contributed by atoms with Crippen LogP contribution in [0.15, 0.2) is 75.8 Å². The lowest BCUT2D eigenvalue weighted by Gasteiger charge is -2.16. The first-order valence-corrected chi connectivity index (χ1v) is 10.5. The first kappa shape index (κ1) is 18.5. The minimum Gasteiger partial charge on any atom is -0.461 e. The molecule has 0 unspecified atom stereocenters. The zero-order chi connectivity index (χ0) is 19.3. The second-order valence-electron chi connectivity index (χ2n) is 6.07. The van der Waals surface area contributed by atoms with E-state index in [1.54, 1.807) is 22.5 Å². The number of nitrogens with zero attached hydrogens (tertiary/aromatic N) is 4. The lowest BCUT2D eigenvalue weighted by Crippen LogP contribution is -2.27. The standard InChI is InChI=1S/C20H18N4O2S2/c1-23(13-16-9-6-12-27-16)18(25)14-28-20-22-21-19(17-10-5-11-26-17)24(20)15-7-3-2-4-8-15/h2-12H,13-14H2,1H3. The van der Waals surface area contributed by atoms with Crippen LogP contribution in [0.3, 0.4) is 0 Å². The monoisotopic (exact) mass is 410 g/mol. The summed E-state index contributed by atoms with van der Waals surface area (Å²) in [5, 5.41) is 11.3. The summed E-state index contributed by atoms with van der Waals surface area (Å²) in [5.41, 5.74) is 0.917. The Bertz CT molecular complexity index is 1030. The van der Waals surface area contributed by atoms with Gasteiger partial charge in [-0.05, 0) is 35.7 Å². The molecular weight excluding hydrogens is 392 g/mol. The second-order valence-corrected chi connectivity index (χ2v) is 8.05. The number of amides is 1. The fourth-order valence-corrected chi connectivity index (χ4v) is 4.35. The molecule has 0 aliphatic rings. The molecule has 0 saturated heterocycles. The maximum atomic E-state index is 12.6. The molecule has 0 radical (unpaired) electrons. The van der Waals surface area contributed by atoms with Crippen molar-refractivity contribution in [2.75, 3.05) is 12.8 Å². The van der Waals surface area contributed by atoms with Gasteiger partial charge in [0.25, 0.3) is 0 Å². The summed E-state index contributed by atoms with van der Waals surface area (Å²) >= 11 is 3.02. The highest BCUT2D eigenvalue weighted by Crippen LogP contribution is 2.28. The summed E-state index contributed by atoms with van der Waals surface area (Å²) in [5.74, 6) is 1.56. The van der Waals surface area contributed by atoms with Crippen molar-refractivity contribution < 1.29 is 9.21 Å². The third-order valence-electron chi connectivity index (χ3n) is 4.11. The highest BCUT2D eigenvalue weighted by molar-refractivity contribution is 7.99. The molecule has 0 spiro atoms. The fourth-order valence-electron chi connectivity index (χ4n) is 2.70. The summed E-state index contributed by atoms with van der Waals surface area (Å²) < 4.78 is 7.42. The van der Waals surface area contributed by atoms with E-state index < -0.39 is 0 Å². The molecule has 3 aromatic heterocycles. The van der Waals surface area contributed by atoms with E-state index in [9.17, 15) is 4.79 Å². The van der Waals surface area contributed by atoms with Crippen molar-refractivity contribution in [3.8, 4) is 17.3 Å². The Morgan fingerprint density at radius 3 is 2.71 bits per heavy atom. The summed E-state index contributed by atoms with van der Waals surface area (Å²) in [6.07, 6.45) is 1.61. The van der Waals surface area contributed by atoms with Crippen molar-refractivity contribution >= 4 is 29.0 Å². The van der Waals surface area contributed by atoms with Crippen LogP contribution in [-0.4, -0.2) is 38.4 Å². The van der Waals surface area contributed by atoms with Crippen LogP contribution in [0, 0.1) is 0 Å². The average Bonchev–Trinajstić information content (AvgIpc) is 3.47. The first-order chi connectivity index (χ1) is 13.7. The van der Waals surface area contributed by atoms with Gasteiger partial charge in [0.1, 0.15) is 0 Å². The van der Waals surface area contributed by atoms with Gasteiger partial charge in [-0.2, -0.15) is 0 Å². The smallest absolute Gasteiger partial charge is 0.233 e. The van der Waals surface area contributed by atoms with Crippen LogP contribution in [0.1, 0.15) is 4.88 Å². The molecule has 0 bridgehead atoms. The fraction of sp³-hybridized carbons (Fsp3) is 0.150. The average molecular weight is 411 g/mol. The van der Waals surface area contributed by atoms with Gasteiger partial charge in [0.05, 0.1) is 18.6 Å². The van der Waals surface area contributed by atoms with Crippen LogP contribution in [0.25, 0.3) is 17.3 Å². The molecule has 0 N–H and O–H groups in total. The maximum absolute atomic E-state index is 12.6. The van der Waals surface area contributed by atoms with E-state index >= 15 is 0 Å². The van der Waals surface area contributed by atoms with E-state index in [1.807, 2.05) is 71.6 Å². The number of carbonyl (C=O) groups is 1. The van der Waals surface area contributed by atoms with Crippen molar-refractivity contribution in [3.63, 3.8) is 0 Å². The van der Waals surface area contributed by atoms with Crippen LogP contribution in [0.4, 0.5) is 0 Å². The van der Waals surface area contributed by atoms with Gasteiger partial charge < -0.3 is 9.32 Å².